The molecule has 1 atom stereocenters. The Kier molecular flexibility index (Phi) is 6.38. The van der Waals surface area contributed by atoms with Crippen molar-refractivity contribution in [1.29, 1.82) is 0 Å². The van der Waals surface area contributed by atoms with E-state index in [1.165, 1.54) is 25.0 Å². The highest BCUT2D eigenvalue weighted by atomic mass is 19.1. The Balaban J connectivity index is 0.000000265. The van der Waals surface area contributed by atoms with Gasteiger partial charge in [-0.25, -0.2) is 23.7 Å². The predicted octanol–water partition coefficient (Wildman–Crippen LogP) is 4.42. The van der Waals surface area contributed by atoms with Crippen LogP contribution in [0.1, 0.15) is 37.2 Å². The number of aryl methyl sites for hydroxylation is 2. The molecule has 4 aromatic rings. The summed E-state index contributed by atoms with van der Waals surface area (Å²) in [7, 11) is 0. The fraction of sp³-hybridized carbons (Fsp3) is 0.400. The van der Waals surface area contributed by atoms with E-state index < -0.39 is 11.6 Å². The second-order valence-electron chi connectivity index (χ2n) is 8.91. The lowest BCUT2D eigenvalue weighted by Crippen LogP contribution is -2.42. The molecule has 0 amide bonds. The number of anilines is 1. The normalized spacial score (nSPS) is 17.9. The molecule has 0 bridgehead atoms. The molecule has 0 unspecified atom stereocenters. The van der Waals surface area contributed by atoms with Gasteiger partial charge >= 0.3 is 0 Å². The number of rotatable bonds is 3. The zero-order valence-electron chi connectivity index (χ0n) is 19.9. The molecule has 4 heterocycles. The third-order valence-corrected chi connectivity index (χ3v) is 6.09. The van der Waals surface area contributed by atoms with Gasteiger partial charge in [-0.05, 0) is 51.8 Å². The molecule has 0 radical (unpaired) electrons. The van der Waals surface area contributed by atoms with E-state index in [1.54, 1.807) is 0 Å². The van der Waals surface area contributed by atoms with E-state index in [9.17, 15) is 8.78 Å². The van der Waals surface area contributed by atoms with Crippen LogP contribution in [-0.2, 0) is 4.74 Å². The van der Waals surface area contributed by atoms with Crippen LogP contribution in [0.4, 0.5) is 14.7 Å². The SMILES string of the molecule is Cc1nc2nc(N3CCO[C@@H](C)C3)nc(-c3ccc(F)cc3F)c2nc1C.c1cnn(C2CC2)c1. The summed E-state index contributed by atoms with van der Waals surface area (Å²) in [6.45, 7) is 7.44. The molecule has 35 heavy (non-hydrogen) atoms. The van der Waals surface area contributed by atoms with Crippen molar-refractivity contribution < 1.29 is 13.5 Å². The summed E-state index contributed by atoms with van der Waals surface area (Å²) in [5, 5.41) is 4.09. The van der Waals surface area contributed by atoms with Gasteiger partial charge in [-0.3, -0.25) is 4.68 Å². The van der Waals surface area contributed by atoms with E-state index in [0.29, 0.717) is 48.2 Å². The van der Waals surface area contributed by atoms with Gasteiger partial charge in [-0.1, -0.05) is 0 Å². The molecular weight excluding hydrogens is 452 g/mol. The van der Waals surface area contributed by atoms with E-state index in [1.807, 2.05) is 48.8 Å². The molecule has 2 aliphatic rings. The van der Waals surface area contributed by atoms with Gasteiger partial charge in [-0.2, -0.15) is 10.1 Å². The van der Waals surface area contributed by atoms with Gasteiger partial charge in [0, 0.05) is 37.1 Å². The van der Waals surface area contributed by atoms with Crippen molar-refractivity contribution in [3.63, 3.8) is 0 Å². The molecule has 3 aromatic heterocycles. The van der Waals surface area contributed by atoms with Gasteiger partial charge in [0.05, 0.1) is 30.1 Å². The number of hydrogen-bond donors (Lipinski definition) is 0. The van der Waals surface area contributed by atoms with Crippen LogP contribution < -0.4 is 4.90 Å². The Morgan fingerprint density at radius 2 is 1.83 bits per heavy atom. The van der Waals surface area contributed by atoms with Gasteiger partial charge in [0.1, 0.15) is 22.8 Å². The average molecular weight is 480 g/mol. The van der Waals surface area contributed by atoms with Crippen LogP contribution >= 0.6 is 0 Å². The molecule has 182 valence electrons. The molecule has 0 N–H and O–H groups in total. The van der Waals surface area contributed by atoms with Crippen LogP contribution in [0.5, 0.6) is 0 Å². The van der Waals surface area contributed by atoms with Crippen molar-refractivity contribution >= 4 is 17.1 Å². The highest BCUT2D eigenvalue weighted by molar-refractivity contribution is 5.88. The maximum Gasteiger partial charge on any atom is 0.228 e. The van der Waals surface area contributed by atoms with Gasteiger partial charge in [0.25, 0.3) is 0 Å². The third-order valence-electron chi connectivity index (χ3n) is 6.09. The zero-order valence-corrected chi connectivity index (χ0v) is 19.9. The summed E-state index contributed by atoms with van der Waals surface area (Å²) in [5.74, 6) is -0.903. The maximum atomic E-state index is 14.5. The highest BCUT2D eigenvalue weighted by Gasteiger charge is 2.24. The minimum atomic E-state index is -0.698. The number of nitrogens with zero attached hydrogens (tertiary/aromatic N) is 7. The summed E-state index contributed by atoms with van der Waals surface area (Å²) in [4.78, 5) is 20.2. The van der Waals surface area contributed by atoms with Gasteiger partial charge < -0.3 is 9.64 Å². The Hall–Kier alpha value is -3.53. The summed E-state index contributed by atoms with van der Waals surface area (Å²) in [6, 6.07) is 6.13. The molecule has 8 nitrogen and oxygen atoms in total. The fourth-order valence-corrected chi connectivity index (χ4v) is 3.95. The first kappa shape index (κ1) is 23.2. The van der Waals surface area contributed by atoms with E-state index in [0.717, 1.165) is 17.8 Å². The molecule has 1 aliphatic carbocycles. The smallest absolute Gasteiger partial charge is 0.228 e. The maximum absolute atomic E-state index is 14.5. The lowest BCUT2D eigenvalue weighted by atomic mass is 10.1. The Labute approximate surface area is 202 Å². The molecule has 6 rings (SSSR count). The third kappa shape index (κ3) is 5.12. The van der Waals surface area contributed by atoms with E-state index in [4.69, 9.17) is 4.74 Å². The first-order valence-electron chi connectivity index (χ1n) is 11.7. The van der Waals surface area contributed by atoms with Crippen LogP contribution in [0.15, 0.2) is 36.7 Å². The molecule has 10 heteroatoms. The minimum absolute atomic E-state index is 0.0369. The Morgan fingerprint density at radius 1 is 1.03 bits per heavy atom. The van der Waals surface area contributed by atoms with Gasteiger partial charge in [0.15, 0.2) is 5.65 Å². The number of hydrogen-bond acceptors (Lipinski definition) is 7. The number of ether oxygens (including phenoxy) is 1. The second kappa shape index (κ2) is 9.61. The van der Waals surface area contributed by atoms with Gasteiger partial charge in [-0.15, -0.1) is 0 Å². The molecule has 1 saturated carbocycles. The molecule has 0 spiro atoms. The number of benzene rings is 1. The van der Waals surface area contributed by atoms with Crippen molar-refractivity contribution in [3.05, 3.63) is 59.7 Å². The van der Waals surface area contributed by atoms with Gasteiger partial charge in [0.2, 0.25) is 5.95 Å². The van der Waals surface area contributed by atoms with Crippen LogP contribution in [0.3, 0.4) is 0 Å². The van der Waals surface area contributed by atoms with Crippen molar-refractivity contribution in [2.45, 2.75) is 45.8 Å². The second-order valence-corrected chi connectivity index (χ2v) is 8.91. The summed E-state index contributed by atoms with van der Waals surface area (Å²) in [6.07, 6.45) is 6.54. The lowest BCUT2D eigenvalue weighted by molar-refractivity contribution is 0.0526. The first-order valence-corrected chi connectivity index (χ1v) is 11.7. The predicted molar refractivity (Wildman–Crippen MR) is 128 cm³/mol. The highest BCUT2D eigenvalue weighted by Crippen LogP contribution is 2.33. The van der Waals surface area contributed by atoms with Crippen LogP contribution in [0.2, 0.25) is 0 Å². The summed E-state index contributed by atoms with van der Waals surface area (Å²) >= 11 is 0. The van der Waals surface area contributed by atoms with E-state index in [-0.39, 0.29) is 11.7 Å². The van der Waals surface area contributed by atoms with Crippen molar-refractivity contribution in [2.24, 2.45) is 0 Å². The lowest BCUT2D eigenvalue weighted by Gasteiger charge is -2.31. The van der Waals surface area contributed by atoms with Crippen LogP contribution in [0, 0.1) is 25.5 Å². The quantitative estimate of drug-likeness (QED) is 0.430. The number of morpholine rings is 1. The number of fused-ring (bicyclic) bond motifs is 1. The Bertz CT molecular complexity index is 1340. The number of halogens is 2. The fourth-order valence-electron chi connectivity index (χ4n) is 3.95. The first-order chi connectivity index (χ1) is 16.9. The summed E-state index contributed by atoms with van der Waals surface area (Å²) in [5.41, 5.74) is 2.72. The molecule has 1 saturated heterocycles. The van der Waals surface area contributed by atoms with Crippen molar-refractivity contribution in [3.8, 4) is 11.3 Å². The van der Waals surface area contributed by atoms with Crippen LogP contribution in [0.25, 0.3) is 22.4 Å². The average Bonchev–Trinajstić information content (AvgIpc) is 3.54. The molecule has 1 aromatic carbocycles. The summed E-state index contributed by atoms with van der Waals surface area (Å²) < 4.78 is 35.5. The minimum Gasteiger partial charge on any atom is -0.375 e. The molecule has 2 fully saturated rings. The Morgan fingerprint density at radius 3 is 2.51 bits per heavy atom. The van der Waals surface area contributed by atoms with Crippen molar-refractivity contribution in [1.82, 2.24) is 29.7 Å². The largest absolute Gasteiger partial charge is 0.375 e. The molecular formula is C25H27F2N7O. The van der Waals surface area contributed by atoms with Crippen LogP contribution in [-0.4, -0.2) is 55.5 Å². The molecule has 1 aliphatic heterocycles. The zero-order chi connectivity index (χ0) is 24.5. The van der Waals surface area contributed by atoms with E-state index >= 15 is 0 Å². The van der Waals surface area contributed by atoms with Crippen molar-refractivity contribution in [2.75, 3.05) is 24.6 Å². The van der Waals surface area contributed by atoms with E-state index in [2.05, 4.69) is 25.0 Å². The topological polar surface area (TPSA) is 81.8 Å². The number of aromatic nitrogens is 6. The monoisotopic (exact) mass is 479 g/mol. The standard InChI is InChI=1S/C19H19F2N5O.C6H8N2/c1-10-9-26(6-7-27-10)19-24-16(14-5-4-13(20)8-15(14)21)17-18(25-19)23-12(3)11(2)22-17;1-4-7-8(5-1)6-2-3-6/h4-5,8,10H,6-7,9H2,1-3H3;1,4-6H,2-3H2/t10-;/m0./s1.